The van der Waals surface area contributed by atoms with E-state index in [9.17, 15) is 4.79 Å². The van der Waals surface area contributed by atoms with E-state index in [1.165, 1.54) is 0 Å². The Kier molecular flexibility index (Phi) is 7.01. The Labute approximate surface area is 173 Å². The molecule has 0 unspecified atom stereocenters. The van der Waals surface area contributed by atoms with Crippen LogP contribution in [0, 0.1) is 0 Å². The first-order valence-corrected chi connectivity index (χ1v) is 10.6. The Morgan fingerprint density at radius 2 is 2.07 bits per heavy atom. The van der Waals surface area contributed by atoms with Gasteiger partial charge >= 0.3 is 0 Å². The number of hydrogen-bond donors (Lipinski definition) is 2. The van der Waals surface area contributed by atoms with Crippen molar-refractivity contribution in [3.05, 3.63) is 52.7 Å². The van der Waals surface area contributed by atoms with Crippen LogP contribution in [-0.4, -0.2) is 30.0 Å². The number of nitrogens with zero attached hydrogens (tertiary/aromatic N) is 1. The van der Waals surface area contributed by atoms with E-state index in [-0.39, 0.29) is 24.4 Å². The van der Waals surface area contributed by atoms with E-state index in [1.54, 1.807) is 22.7 Å². The summed E-state index contributed by atoms with van der Waals surface area (Å²) >= 11 is 3.28. The zero-order valence-electron chi connectivity index (χ0n) is 14.8. The maximum Gasteiger partial charge on any atom is 0.225 e. The molecule has 4 rings (SSSR count). The van der Waals surface area contributed by atoms with Gasteiger partial charge in [0, 0.05) is 23.0 Å². The molecule has 1 fully saturated rings. The van der Waals surface area contributed by atoms with Crippen molar-refractivity contribution in [2.75, 3.05) is 13.1 Å². The van der Waals surface area contributed by atoms with Crippen molar-refractivity contribution >= 4 is 41.0 Å². The van der Waals surface area contributed by atoms with Crippen LogP contribution >= 0.6 is 35.1 Å². The molecule has 3 aromatic rings. The molecular weight excluding hydrogens is 398 g/mol. The first kappa shape index (κ1) is 20.0. The standard InChI is InChI=1S/C20H21N3OS2.ClH/c24-18(22-15-8-4-10-21-13-15)12-17-19(16-9-5-11-25-16)23-20(26-17)14-6-2-1-3-7-14;/h1-3,5-7,9,11,15,21H,4,8,10,12-13H2,(H,22,24);1H/t15-;/m0./s1. The molecule has 4 nitrogen and oxygen atoms in total. The van der Waals surface area contributed by atoms with Crippen molar-refractivity contribution in [2.45, 2.75) is 25.3 Å². The minimum absolute atomic E-state index is 0. The van der Waals surface area contributed by atoms with Crippen LogP contribution in [0.15, 0.2) is 47.8 Å². The highest BCUT2D eigenvalue weighted by Crippen LogP contribution is 2.36. The summed E-state index contributed by atoms with van der Waals surface area (Å²) < 4.78 is 0. The predicted molar refractivity (Wildman–Crippen MR) is 116 cm³/mol. The lowest BCUT2D eigenvalue weighted by Crippen LogP contribution is -2.46. The third-order valence-electron chi connectivity index (χ3n) is 4.46. The number of amides is 1. The van der Waals surface area contributed by atoms with Gasteiger partial charge in [-0.1, -0.05) is 36.4 Å². The van der Waals surface area contributed by atoms with E-state index in [2.05, 4.69) is 34.2 Å². The molecule has 142 valence electrons. The van der Waals surface area contributed by atoms with E-state index in [4.69, 9.17) is 4.98 Å². The molecule has 2 N–H and O–H groups in total. The SMILES string of the molecule is Cl.O=C(Cc1sc(-c2ccccc2)nc1-c1cccs1)N[C@H]1CCCNC1. The van der Waals surface area contributed by atoms with E-state index < -0.39 is 0 Å². The molecule has 2 aromatic heterocycles. The first-order chi connectivity index (χ1) is 12.8. The van der Waals surface area contributed by atoms with Gasteiger partial charge in [0.1, 0.15) is 5.01 Å². The average molecular weight is 420 g/mol. The fraction of sp³-hybridized carbons (Fsp3) is 0.300. The van der Waals surface area contributed by atoms with Crippen LogP contribution in [0.3, 0.4) is 0 Å². The highest BCUT2D eigenvalue weighted by Gasteiger charge is 2.20. The quantitative estimate of drug-likeness (QED) is 0.645. The summed E-state index contributed by atoms with van der Waals surface area (Å²) in [6.45, 7) is 1.91. The number of rotatable bonds is 5. The number of aromatic nitrogens is 1. The van der Waals surface area contributed by atoms with Crippen LogP contribution in [0.5, 0.6) is 0 Å². The van der Waals surface area contributed by atoms with E-state index >= 15 is 0 Å². The summed E-state index contributed by atoms with van der Waals surface area (Å²) in [5.41, 5.74) is 2.04. The van der Waals surface area contributed by atoms with Gasteiger partial charge in [-0.15, -0.1) is 35.1 Å². The van der Waals surface area contributed by atoms with Gasteiger partial charge in [-0.2, -0.15) is 0 Å². The summed E-state index contributed by atoms with van der Waals surface area (Å²) in [4.78, 5) is 19.6. The Balaban J connectivity index is 0.00000210. The second kappa shape index (κ2) is 9.46. The van der Waals surface area contributed by atoms with Crippen molar-refractivity contribution in [3.8, 4) is 21.1 Å². The second-order valence-corrected chi connectivity index (χ2v) is 8.45. The largest absolute Gasteiger partial charge is 0.352 e. The van der Waals surface area contributed by atoms with Crippen LogP contribution in [0.1, 0.15) is 17.7 Å². The number of thiophene rings is 1. The molecule has 1 aliphatic heterocycles. The molecular formula is C20H22ClN3OS2. The van der Waals surface area contributed by atoms with Gasteiger partial charge in [-0.25, -0.2) is 4.98 Å². The summed E-state index contributed by atoms with van der Waals surface area (Å²) in [6, 6.07) is 14.5. The number of hydrogen-bond acceptors (Lipinski definition) is 5. The van der Waals surface area contributed by atoms with E-state index in [1.807, 2.05) is 24.3 Å². The Bertz CT molecular complexity index is 859. The molecule has 3 heterocycles. The molecule has 0 radical (unpaired) electrons. The minimum atomic E-state index is 0. The van der Waals surface area contributed by atoms with Gasteiger partial charge in [0.15, 0.2) is 0 Å². The van der Waals surface area contributed by atoms with Gasteiger partial charge in [-0.3, -0.25) is 4.79 Å². The fourth-order valence-corrected chi connectivity index (χ4v) is 5.07. The molecule has 0 bridgehead atoms. The Hall–Kier alpha value is -1.73. The summed E-state index contributed by atoms with van der Waals surface area (Å²) in [5.74, 6) is 0.0831. The van der Waals surface area contributed by atoms with Crippen molar-refractivity contribution in [1.29, 1.82) is 0 Å². The molecule has 1 saturated heterocycles. The van der Waals surface area contributed by atoms with Crippen LogP contribution < -0.4 is 10.6 Å². The topological polar surface area (TPSA) is 54.0 Å². The molecule has 7 heteroatoms. The van der Waals surface area contributed by atoms with E-state index in [0.717, 1.165) is 52.0 Å². The van der Waals surface area contributed by atoms with Gasteiger partial charge < -0.3 is 10.6 Å². The number of thiazole rings is 1. The monoisotopic (exact) mass is 419 g/mol. The maximum absolute atomic E-state index is 12.6. The molecule has 1 atom stereocenters. The van der Waals surface area contributed by atoms with Gasteiger partial charge in [0.2, 0.25) is 5.91 Å². The van der Waals surface area contributed by atoms with Crippen molar-refractivity contribution in [2.24, 2.45) is 0 Å². The zero-order chi connectivity index (χ0) is 17.8. The molecule has 1 aromatic carbocycles. The Morgan fingerprint density at radius 3 is 2.78 bits per heavy atom. The minimum Gasteiger partial charge on any atom is -0.352 e. The van der Waals surface area contributed by atoms with E-state index in [0.29, 0.717) is 6.42 Å². The lowest BCUT2D eigenvalue weighted by molar-refractivity contribution is -0.121. The summed E-state index contributed by atoms with van der Waals surface area (Å²) in [6.07, 6.45) is 2.55. The second-order valence-electron chi connectivity index (χ2n) is 6.42. The maximum atomic E-state index is 12.6. The molecule has 27 heavy (non-hydrogen) atoms. The highest BCUT2D eigenvalue weighted by atomic mass is 35.5. The molecule has 0 saturated carbocycles. The lowest BCUT2D eigenvalue weighted by atomic mass is 10.1. The third-order valence-corrected chi connectivity index (χ3v) is 6.44. The summed E-state index contributed by atoms with van der Waals surface area (Å²) in [5, 5.41) is 9.53. The highest BCUT2D eigenvalue weighted by molar-refractivity contribution is 7.17. The first-order valence-electron chi connectivity index (χ1n) is 8.88. The van der Waals surface area contributed by atoms with Gasteiger partial charge in [0.05, 0.1) is 17.0 Å². The molecule has 1 amide bonds. The van der Waals surface area contributed by atoms with Gasteiger partial charge in [-0.05, 0) is 30.8 Å². The number of piperidine rings is 1. The normalized spacial score (nSPS) is 16.5. The number of nitrogens with one attached hydrogen (secondary N) is 2. The van der Waals surface area contributed by atoms with Crippen LogP contribution in [0.4, 0.5) is 0 Å². The lowest BCUT2D eigenvalue weighted by Gasteiger charge is -2.23. The van der Waals surface area contributed by atoms with Crippen molar-refractivity contribution < 1.29 is 4.79 Å². The predicted octanol–water partition coefficient (Wildman–Crippen LogP) is 4.37. The smallest absolute Gasteiger partial charge is 0.225 e. The number of benzene rings is 1. The van der Waals surface area contributed by atoms with Crippen LogP contribution in [-0.2, 0) is 11.2 Å². The van der Waals surface area contributed by atoms with Crippen LogP contribution in [0.25, 0.3) is 21.1 Å². The zero-order valence-corrected chi connectivity index (χ0v) is 17.3. The average Bonchev–Trinajstić information content (AvgIpc) is 3.33. The number of carbonyl (C=O) groups is 1. The molecule has 1 aliphatic rings. The summed E-state index contributed by atoms with van der Waals surface area (Å²) in [7, 11) is 0. The fourth-order valence-electron chi connectivity index (χ4n) is 3.18. The Morgan fingerprint density at radius 1 is 1.22 bits per heavy atom. The van der Waals surface area contributed by atoms with Crippen LogP contribution in [0.2, 0.25) is 0 Å². The molecule has 0 aliphatic carbocycles. The van der Waals surface area contributed by atoms with Gasteiger partial charge in [0.25, 0.3) is 0 Å². The van der Waals surface area contributed by atoms with Crippen molar-refractivity contribution in [3.63, 3.8) is 0 Å². The number of halogens is 1. The third kappa shape index (κ3) is 4.96. The van der Waals surface area contributed by atoms with Crippen molar-refractivity contribution in [1.82, 2.24) is 15.6 Å². The molecule has 0 spiro atoms. The number of carbonyl (C=O) groups excluding carboxylic acids is 1.